The van der Waals surface area contributed by atoms with Crippen molar-refractivity contribution in [1.82, 2.24) is 21.7 Å². The molecule has 266 valence electrons. The minimum absolute atomic E-state index is 0.0553. The Bertz CT molecular complexity index is 1900. The van der Waals surface area contributed by atoms with Crippen molar-refractivity contribution in [1.29, 1.82) is 0 Å². The van der Waals surface area contributed by atoms with Gasteiger partial charge in [0.25, 0.3) is 0 Å². The van der Waals surface area contributed by atoms with Crippen LogP contribution in [0.15, 0.2) is 121 Å². The number of amides is 2. The van der Waals surface area contributed by atoms with Gasteiger partial charge in [-0.1, -0.05) is 115 Å². The molecule has 0 saturated carbocycles. The summed E-state index contributed by atoms with van der Waals surface area (Å²) >= 11 is 0. The van der Waals surface area contributed by atoms with Crippen LogP contribution >= 0.6 is 0 Å². The maximum Gasteiger partial charge on any atom is 0.421 e. The van der Waals surface area contributed by atoms with E-state index in [4.69, 9.17) is 20.6 Å². The van der Waals surface area contributed by atoms with Crippen LogP contribution in [0.4, 0.5) is 9.59 Å². The lowest BCUT2D eigenvalue weighted by Gasteiger charge is -2.15. The summed E-state index contributed by atoms with van der Waals surface area (Å²) in [7, 11) is 3.13. The Labute approximate surface area is 304 Å². The first-order valence-electron chi connectivity index (χ1n) is 16.9. The summed E-state index contributed by atoms with van der Waals surface area (Å²) in [6, 6.07) is 40.6. The topological polar surface area (TPSA) is 136 Å². The van der Waals surface area contributed by atoms with Crippen LogP contribution in [-0.4, -0.2) is 46.1 Å². The second-order valence-electron chi connectivity index (χ2n) is 11.7. The molecule has 0 aromatic heterocycles. The van der Waals surface area contributed by atoms with E-state index in [2.05, 4.69) is 81.9 Å². The first kappa shape index (κ1) is 37.1. The number of hydrazine groups is 2. The molecule has 0 spiro atoms. The van der Waals surface area contributed by atoms with Crippen LogP contribution in [0.25, 0.3) is 22.3 Å². The monoisotopic (exact) mass is 697 g/mol. The third-order valence-corrected chi connectivity index (χ3v) is 8.71. The third kappa shape index (κ3) is 8.96. The molecule has 0 saturated heterocycles. The average molecular weight is 698 g/mol. The highest BCUT2D eigenvalue weighted by atomic mass is 16.6. The Morgan fingerprint density at radius 3 is 1.38 bits per heavy atom. The highest BCUT2D eigenvalue weighted by Crippen LogP contribution is 2.45. The van der Waals surface area contributed by atoms with Gasteiger partial charge in [0.1, 0.15) is 19.0 Å². The van der Waals surface area contributed by atoms with Gasteiger partial charge in [0, 0.05) is 18.4 Å². The first-order chi connectivity index (χ1) is 25.6. The van der Waals surface area contributed by atoms with E-state index in [1.165, 1.54) is 51.6 Å². The fourth-order valence-corrected chi connectivity index (χ4v) is 6.40. The van der Waals surface area contributed by atoms with Gasteiger partial charge >= 0.3 is 12.2 Å². The lowest BCUT2D eigenvalue weighted by atomic mass is 9.98. The van der Waals surface area contributed by atoms with Crippen molar-refractivity contribution < 1.29 is 23.8 Å². The van der Waals surface area contributed by atoms with Gasteiger partial charge in [0.2, 0.25) is 0 Å². The number of hydrogen-bond donors (Lipinski definition) is 5. The zero-order valence-electron chi connectivity index (χ0n) is 29.2. The van der Waals surface area contributed by atoms with Crippen molar-refractivity contribution in [2.75, 3.05) is 33.9 Å². The largest absolute Gasteiger partial charge is 0.497 e. The van der Waals surface area contributed by atoms with Crippen LogP contribution in [0.3, 0.4) is 0 Å². The van der Waals surface area contributed by atoms with E-state index in [0.717, 1.165) is 11.3 Å². The van der Waals surface area contributed by atoms with Gasteiger partial charge in [-0.3, -0.25) is 10.9 Å². The van der Waals surface area contributed by atoms with Crippen molar-refractivity contribution in [3.8, 4) is 40.3 Å². The van der Waals surface area contributed by atoms with Crippen LogP contribution in [0.5, 0.6) is 5.75 Å². The maximum absolute atomic E-state index is 12.1. The number of ether oxygens (including phenoxy) is 3. The Morgan fingerprint density at radius 2 is 1.00 bits per heavy atom. The normalized spacial score (nSPS) is 11.8. The van der Waals surface area contributed by atoms with Crippen molar-refractivity contribution in [3.63, 3.8) is 0 Å². The van der Waals surface area contributed by atoms with Gasteiger partial charge in [-0.05, 0) is 69.3 Å². The molecule has 6 N–H and O–H groups in total. The van der Waals surface area contributed by atoms with E-state index < -0.39 is 12.2 Å². The molecule has 0 radical (unpaired) electrons. The molecule has 0 bridgehead atoms. The fourth-order valence-electron chi connectivity index (χ4n) is 6.40. The summed E-state index contributed by atoms with van der Waals surface area (Å²) in [6.07, 6.45) is 4.07. The number of hydrogen-bond acceptors (Lipinski definition) is 8. The number of fused-ring (bicyclic) bond motifs is 6. The molecule has 2 amide bonds. The summed E-state index contributed by atoms with van der Waals surface area (Å²) < 4.78 is 15.9. The Morgan fingerprint density at radius 1 is 0.615 bits per heavy atom. The van der Waals surface area contributed by atoms with E-state index in [-0.39, 0.29) is 25.0 Å². The molecule has 10 nitrogen and oxygen atoms in total. The summed E-state index contributed by atoms with van der Waals surface area (Å²) in [5.74, 6) is 3.28. The molecule has 52 heavy (non-hydrogen) atoms. The van der Waals surface area contributed by atoms with Gasteiger partial charge in [-0.15, -0.1) is 6.42 Å². The predicted molar refractivity (Wildman–Crippen MR) is 203 cm³/mol. The van der Waals surface area contributed by atoms with E-state index in [9.17, 15) is 9.59 Å². The van der Waals surface area contributed by atoms with Crippen LogP contribution in [0.2, 0.25) is 0 Å². The highest BCUT2D eigenvalue weighted by molar-refractivity contribution is 5.80. The lowest BCUT2D eigenvalue weighted by Crippen LogP contribution is -2.38. The standard InChI is InChI=1S/C23H22N2O3.C18H16N2O2.CH5N/c1-27-17-12-10-16(11-13-17)14-24-25-23(26)28-15-22-20-8-4-2-6-18(20)19-7-3-5-9-21(19)22;1-2-11-19-20-18(21)22-12-17-15-9-5-3-7-13(15)14-8-4-6-10-16(14)17;1-2/h2-13,22,24H,14-15H2,1H3,(H,25,26);1,3-10,17,19H,11-12H2,(H,20,21);2H2,1H3. The number of nitrogens with two attached hydrogens (primary N) is 1. The Balaban J connectivity index is 0.000000197. The number of methoxy groups -OCH3 is 1. The van der Waals surface area contributed by atoms with Crippen molar-refractivity contribution in [3.05, 3.63) is 149 Å². The molecule has 5 aromatic rings. The molecular formula is C42H43N5O5. The van der Waals surface area contributed by atoms with Gasteiger partial charge in [0.05, 0.1) is 13.7 Å². The van der Waals surface area contributed by atoms with Crippen molar-refractivity contribution in [2.24, 2.45) is 5.73 Å². The minimum atomic E-state index is -0.530. The molecule has 2 aliphatic rings. The van der Waals surface area contributed by atoms with Crippen LogP contribution in [0, 0.1) is 12.3 Å². The quantitative estimate of drug-likeness (QED) is 0.0636. The molecule has 0 aliphatic heterocycles. The van der Waals surface area contributed by atoms with Crippen molar-refractivity contribution in [2.45, 2.75) is 18.4 Å². The summed E-state index contributed by atoms with van der Waals surface area (Å²) in [4.78, 5) is 23.7. The van der Waals surface area contributed by atoms with E-state index in [0.29, 0.717) is 13.2 Å². The van der Waals surface area contributed by atoms with Gasteiger partial charge in [-0.25, -0.2) is 20.4 Å². The second-order valence-corrected chi connectivity index (χ2v) is 11.7. The maximum atomic E-state index is 12.1. The van der Waals surface area contributed by atoms with Crippen LogP contribution in [0.1, 0.15) is 39.7 Å². The molecule has 7 rings (SSSR count). The molecule has 10 heteroatoms. The SMILES string of the molecule is C#CCNNC(=O)OCC1c2ccccc2-c2ccccc21.CN.COc1ccc(CNNC(=O)OCC2c3ccccc3-c3ccccc32)cc1. The predicted octanol–water partition coefficient (Wildman–Crippen LogP) is 6.48. The van der Waals surface area contributed by atoms with Crippen LogP contribution in [-0.2, 0) is 16.0 Å². The average Bonchev–Trinajstić information content (AvgIpc) is 3.70. The number of carbonyl (C=O) groups excluding carboxylic acids is 2. The summed E-state index contributed by atoms with van der Waals surface area (Å²) in [5, 5.41) is 0. The molecule has 0 atom stereocenters. The number of terminal acetylenes is 1. The van der Waals surface area contributed by atoms with Gasteiger partial charge in [0.15, 0.2) is 0 Å². The van der Waals surface area contributed by atoms with E-state index >= 15 is 0 Å². The van der Waals surface area contributed by atoms with Gasteiger partial charge < -0.3 is 19.9 Å². The zero-order chi connectivity index (χ0) is 36.7. The number of benzene rings is 5. The highest BCUT2D eigenvalue weighted by Gasteiger charge is 2.30. The number of carbonyl (C=O) groups is 2. The van der Waals surface area contributed by atoms with E-state index in [1.54, 1.807) is 7.11 Å². The molecular weight excluding hydrogens is 654 g/mol. The second kappa shape index (κ2) is 18.8. The van der Waals surface area contributed by atoms with Crippen molar-refractivity contribution >= 4 is 12.2 Å². The zero-order valence-corrected chi connectivity index (χ0v) is 29.2. The fraction of sp³-hybridized carbons (Fsp3) is 0.190. The Kier molecular flexibility index (Phi) is 13.4. The third-order valence-electron chi connectivity index (χ3n) is 8.71. The number of rotatable bonds is 10. The molecule has 0 fully saturated rings. The number of nitrogens with one attached hydrogen (secondary N) is 4. The summed E-state index contributed by atoms with van der Waals surface area (Å²) in [5.41, 5.74) is 25.6. The van der Waals surface area contributed by atoms with E-state index in [1.807, 2.05) is 72.8 Å². The lowest BCUT2D eigenvalue weighted by molar-refractivity contribution is 0.137. The molecule has 2 aliphatic carbocycles. The summed E-state index contributed by atoms with van der Waals surface area (Å²) in [6.45, 7) is 1.33. The minimum Gasteiger partial charge on any atom is -0.497 e. The molecule has 0 unspecified atom stereocenters. The smallest absolute Gasteiger partial charge is 0.421 e. The molecule has 5 aromatic carbocycles. The van der Waals surface area contributed by atoms with Gasteiger partial charge in [-0.2, -0.15) is 0 Å². The molecule has 0 heterocycles. The first-order valence-corrected chi connectivity index (χ1v) is 16.9. The Hall–Kier alpha value is -6.12. The van der Waals surface area contributed by atoms with Crippen LogP contribution < -0.4 is 32.2 Å².